The van der Waals surface area contributed by atoms with E-state index in [1.54, 1.807) is 4.37 Å². The molecular weight excluding hydrogens is 314 g/mol. The first-order chi connectivity index (χ1) is 5.24. The smallest absolute Gasteiger partial charge is 0 e. The van der Waals surface area contributed by atoms with E-state index in [9.17, 15) is 0 Å². The summed E-state index contributed by atoms with van der Waals surface area (Å²) >= 11 is 0.194. The van der Waals surface area contributed by atoms with E-state index in [2.05, 4.69) is 27.7 Å². The van der Waals surface area contributed by atoms with Crippen molar-refractivity contribution in [2.24, 2.45) is 5.41 Å². The molecule has 0 nitrogen and oxygen atoms in total. The van der Waals surface area contributed by atoms with E-state index in [-0.39, 0.29) is 39.2 Å². The van der Waals surface area contributed by atoms with Crippen LogP contribution in [0.15, 0.2) is 0 Å². The molecule has 0 bridgehead atoms. The molecule has 0 aromatic carbocycles. The maximum absolute atomic E-state index is 2.36. The first kappa shape index (κ1) is 15.8. The second-order valence-electron chi connectivity index (χ2n) is 3.26. The fourth-order valence-electron chi connectivity index (χ4n) is 1.43. The van der Waals surface area contributed by atoms with Gasteiger partial charge in [0.05, 0.1) is 0 Å². The summed E-state index contributed by atoms with van der Waals surface area (Å²) in [4.78, 5) is 0. The molecule has 0 heterocycles. The van der Waals surface area contributed by atoms with Crippen LogP contribution in [-0.4, -0.2) is 39.2 Å². The molecule has 71 valence electrons. The Bertz CT molecular complexity index is 81.6. The molecule has 0 rings (SSSR count). The molecule has 12 heavy (non-hydrogen) atoms. The summed E-state index contributed by atoms with van der Waals surface area (Å²) in [6.07, 6.45) is 4.20. The Morgan fingerprint density at radius 1 is 0.917 bits per heavy atom. The summed E-state index contributed by atoms with van der Waals surface area (Å²) in [6.45, 7) is 9.43. The van der Waals surface area contributed by atoms with Crippen molar-refractivity contribution >= 4 is 39.2 Å². The molecule has 0 atom stereocenters. The number of hydrogen-bond acceptors (Lipinski definition) is 0. The third kappa shape index (κ3) is 5.17. The van der Waals surface area contributed by atoms with Crippen molar-refractivity contribution < 1.29 is 0 Å². The minimum atomic E-state index is 0. The normalized spacial score (nSPS) is 11.0. The molecule has 0 saturated heterocycles. The molecular formula is C10H22GeSb. The van der Waals surface area contributed by atoms with E-state index in [0.29, 0.717) is 0 Å². The predicted molar refractivity (Wildman–Crippen MR) is 60.1 cm³/mol. The average molecular weight is 337 g/mol. The third-order valence-electron chi connectivity index (χ3n) is 2.92. The molecule has 0 N–H and O–H groups in total. The van der Waals surface area contributed by atoms with Gasteiger partial charge in [-0.05, 0) is 0 Å². The summed E-state index contributed by atoms with van der Waals surface area (Å²) in [5, 5.41) is 0. The van der Waals surface area contributed by atoms with Crippen molar-refractivity contribution in [1.82, 2.24) is 0 Å². The van der Waals surface area contributed by atoms with Crippen LogP contribution in [0.4, 0.5) is 0 Å². The maximum atomic E-state index is 2.36. The van der Waals surface area contributed by atoms with Crippen LogP contribution in [0, 0.1) is 5.41 Å². The zero-order valence-electron chi connectivity index (χ0n) is 8.98. The fraction of sp³-hybridized carbons (Fsp3) is 1.00. The number of hydrogen-bond donors (Lipinski definition) is 0. The van der Waals surface area contributed by atoms with Gasteiger partial charge in [-0.1, -0.05) is 0 Å². The summed E-state index contributed by atoms with van der Waals surface area (Å²) in [5.74, 6) is 0. The molecule has 0 aliphatic heterocycles. The van der Waals surface area contributed by atoms with Gasteiger partial charge < -0.3 is 0 Å². The van der Waals surface area contributed by atoms with Crippen molar-refractivity contribution in [1.29, 1.82) is 0 Å². The Balaban J connectivity index is 0. The van der Waals surface area contributed by atoms with Gasteiger partial charge in [0.1, 0.15) is 0 Å². The summed E-state index contributed by atoms with van der Waals surface area (Å²) in [7, 11) is 0. The topological polar surface area (TPSA) is 0 Å². The van der Waals surface area contributed by atoms with Gasteiger partial charge >= 0.3 is 82.7 Å². The first-order valence-electron chi connectivity index (χ1n) is 4.88. The average Bonchev–Trinajstić information content (AvgIpc) is 2.08. The van der Waals surface area contributed by atoms with Gasteiger partial charge in [0.2, 0.25) is 0 Å². The predicted octanol–water partition coefficient (Wildman–Crippen LogP) is 3.38. The van der Waals surface area contributed by atoms with E-state index in [0.717, 1.165) is 5.41 Å². The second-order valence-corrected chi connectivity index (χ2v) is 7.24. The molecule has 0 saturated carbocycles. The van der Waals surface area contributed by atoms with Gasteiger partial charge in [-0.2, -0.15) is 0 Å². The molecule has 0 unspecified atom stereocenters. The fourth-order valence-corrected chi connectivity index (χ4v) is 5.34. The van der Waals surface area contributed by atoms with E-state index in [4.69, 9.17) is 0 Å². The first-order valence-corrected chi connectivity index (χ1v) is 8.49. The maximum Gasteiger partial charge on any atom is 0 e. The molecule has 2 heteroatoms. The molecule has 0 aromatic rings. The van der Waals surface area contributed by atoms with Crippen molar-refractivity contribution in [3.63, 3.8) is 0 Å². The van der Waals surface area contributed by atoms with Crippen LogP contribution in [-0.2, 0) is 0 Å². The Kier molecular flexibility index (Phi) is 11.8. The standard InChI is InChI=1S/C8H17.C2H5.Ge.Sb/c1-5-8(4,6-2)7-3;1-2;;/h4-7H2,1-3H3;1H2,2H3;;. The van der Waals surface area contributed by atoms with Gasteiger partial charge in [0.25, 0.3) is 0 Å². The summed E-state index contributed by atoms with van der Waals surface area (Å²) < 4.78 is 3.09. The Hall–Kier alpha value is 1.36. The van der Waals surface area contributed by atoms with Crippen molar-refractivity contribution in [3.05, 3.63) is 0 Å². The Morgan fingerprint density at radius 2 is 1.33 bits per heavy atom. The van der Waals surface area contributed by atoms with Gasteiger partial charge in [-0.15, -0.1) is 0 Å². The van der Waals surface area contributed by atoms with Gasteiger partial charge in [0.15, 0.2) is 0 Å². The molecule has 0 spiro atoms. The minimum absolute atomic E-state index is 0. The van der Waals surface area contributed by atoms with Crippen LogP contribution in [0.2, 0.25) is 8.73 Å². The van der Waals surface area contributed by atoms with Gasteiger partial charge in [0, 0.05) is 17.6 Å². The van der Waals surface area contributed by atoms with E-state index in [1.807, 2.05) is 0 Å². The van der Waals surface area contributed by atoms with Crippen LogP contribution in [0.5, 0.6) is 0 Å². The third-order valence-corrected chi connectivity index (χ3v) is 6.75. The molecule has 0 amide bonds. The molecule has 5 radical (unpaired) electrons. The molecule has 0 aliphatic carbocycles. The monoisotopic (exact) mass is 337 g/mol. The van der Waals surface area contributed by atoms with Crippen LogP contribution < -0.4 is 0 Å². The van der Waals surface area contributed by atoms with Crippen molar-refractivity contribution in [2.45, 2.75) is 55.7 Å². The molecule has 0 aliphatic rings. The Labute approximate surface area is 99.8 Å². The molecule has 0 aromatic heterocycles. The molecule has 0 fully saturated rings. The van der Waals surface area contributed by atoms with Crippen LogP contribution in [0.1, 0.15) is 47.0 Å². The van der Waals surface area contributed by atoms with E-state index >= 15 is 0 Å². The SMILES string of the molecule is C[CH2][Sb][CH2]C(CC)(CC)CC.[Ge]. The zero-order valence-corrected chi connectivity index (χ0v) is 13.6. The Morgan fingerprint density at radius 3 is 1.58 bits per heavy atom. The van der Waals surface area contributed by atoms with Crippen LogP contribution >= 0.6 is 0 Å². The van der Waals surface area contributed by atoms with Gasteiger partial charge in [-0.25, -0.2) is 0 Å². The van der Waals surface area contributed by atoms with Gasteiger partial charge in [-0.3, -0.25) is 0 Å². The van der Waals surface area contributed by atoms with E-state index < -0.39 is 0 Å². The summed E-state index contributed by atoms with van der Waals surface area (Å²) in [6, 6.07) is 0. The minimum Gasteiger partial charge on any atom is 0 e. The van der Waals surface area contributed by atoms with E-state index in [1.165, 1.54) is 23.6 Å². The van der Waals surface area contributed by atoms with Crippen LogP contribution in [0.3, 0.4) is 0 Å². The summed E-state index contributed by atoms with van der Waals surface area (Å²) in [5.41, 5.74) is 0.743. The van der Waals surface area contributed by atoms with Crippen molar-refractivity contribution in [3.8, 4) is 0 Å². The largest absolute Gasteiger partial charge is 0 e. The number of rotatable bonds is 6. The van der Waals surface area contributed by atoms with Crippen molar-refractivity contribution in [2.75, 3.05) is 0 Å². The zero-order chi connectivity index (χ0) is 8.74. The second kappa shape index (κ2) is 8.94. The quantitative estimate of drug-likeness (QED) is 0.652. The van der Waals surface area contributed by atoms with Crippen LogP contribution in [0.25, 0.3) is 0 Å².